The third-order valence-corrected chi connectivity index (χ3v) is 3.60. The van der Waals surface area contributed by atoms with Crippen molar-refractivity contribution in [2.24, 2.45) is 11.8 Å². The Kier molecular flexibility index (Phi) is 3.97. The van der Waals surface area contributed by atoms with Crippen LogP contribution >= 0.6 is 0 Å². The van der Waals surface area contributed by atoms with Crippen molar-refractivity contribution in [2.45, 2.75) is 39.3 Å². The number of nitrogen functional groups attached to an aromatic ring is 1. The van der Waals surface area contributed by atoms with Gasteiger partial charge in [0, 0.05) is 12.6 Å². The van der Waals surface area contributed by atoms with E-state index in [1.165, 1.54) is 19.4 Å². The van der Waals surface area contributed by atoms with Crippen molar-refractivity contribution in [1.82, 2.24) is 9.88 Å². The van der Waals surface area contributed by atoms with Crippen molar-refractivity contribution >= 4 is 5.82 Å². The van der Waals surface area contributed by atoms with E-state index in [9.17, 15) is 0 Å². The second-order valence-electron chi connectivity index (χ2n) is 5.11. The van der Waals surface area contributed by atoms with E-state index >= 15 is 0 Å². The molecule has 1 aliphatic heterocycles. The number of rotatable bonds is 3. The van der Waals surface area contributed by atoms with E-state index in [2.05, 4.69) is 35.2 Å². The number of nitrogens with two attached hydrogens (primary N) is 1. The second kappa shape index (κ2) is 5.47. The molecule has 4 heteroatoms. The molecule has 0 radical (unpaired) electrons. The molecule has 4 nitrogen and oxygen atoms in total. The minimum atomic E-state index is 0.648. The molecule has 1 saturated heterocycles. The third-order valence-electron chi connectivity index (χ3n) is 3.60. The van der Waals surface area contributed by atoms with Gasteiger partial charge >= 0.3 is 0 Å². The molecular weight excluding hydrogens is 212 g/mol. The molecule has 2 rings (SSSR count). The van der Waals surface area contributed by atoms with E-state index in [1.807, 2.05) is 12.1 Å². The number of anilines is 1. The number of hydrogen-bond donors (Lipinski definition) is 2. The summed E-state index contributed by atoms with van der Waals surface area (Å²) >= 11 is 0. The molecule has 0 aromatic carbocycles. The van der Waals surface area contributed by atoms with Crippen LogP contribution in [-0.2, 0) is 6.54 Å². The van der Waals surface area contributed by atoms with Crippen LogP contribution in [0.15, 0.2) is 18.2 Å². The average molecular weight is 234 g/mol. The highest BCUT2D eigenvalue weighted by Gasteiger charge is 2.22. The highest BCUT2D eigenvalue weighted by atomic mass is 15.3. The number of hydrazine groups is 1. The molecule has 1 fully saturated rings. The minimum Gasteiger partial charge on any atom is -0.308 e. The summed E-state index contributed by atoms with van der Waals surface area (Å²) in [6.45, 7) is 6.74. The van der Waals surface area contributed by atoms with Crippen LogP contribution in [0.4, 0.5) is 5.82 Å². The molecule has 0 spiro atoms. The number of hydrogen-bond acceptors (Lipinski definition) is 4. The van der Waals surface area contributed by atoms with Gasteiger partial charge in [0.2, 0.25) is 0 Å². The Morgan fingerprint density at radius 2 is 2.29 bits per heavy atom. The molecule has 0 amide bonds. The lowest BCUT2D eigenvalue weighted by atomic mass is 9.93. The molecular formula is C13H22N4. The van der Waals surface area contributed by atoms with Crippen molar-refractivity contribution in [2.75, 3.05) is 12.0 Å². The SMILES string of the molecule is CC1CCN(Cc2cccc(NN)n2)C(C)C1. The van der Waals surface area contributed by atoms with Gasteiger partial charge in [-0.15, -0.1) is 0 Å². The fourth-order valence-corrected chi connectivity index (χ4v) is 2.55. The largest absolute Gasteiger partial charge is 0.308 e. The first-order valence-electron chi connectivity index (χ1n) is 6.35. The molecule has 2 atom stereocenters. The summed E-state index contributed by atoms with van der Waals surface area (Å²) in [5.74, 6) is 6.96. The molecule has 1 aromatic heterocycles. The van der Waals surface area contributed by atoms with Crippen LogP contribution in [0.25, 0.3) is 0 Å². The van der Waals surface area contributed by atoms with Crippen molar-refractivity contribution in [3.63, 3.8) is 0 Å². The molecule has 2 unspecified atom stereocenters. The third kappa shape index (κ3) is 3.17. The van der Waals surface area contributed by atoms with Crippen LogP contribution in [0.3, 0.4) is 0 Å². The minimum absolute atomic E-state index is 0.648. The predicted molar refractivity (Wildman–Crippen MR) is 70.3 cm³/mol. The Morgan fingerprint density at radius 1 is 1.47 bits per heavy atom. The highest BCUT2D eigenvalue weighted by Crippen LogP contribution is 2.23. The lowest BCUT2D eigenvalue weighted by molar-refractivity contribution is 0.121. The summed E-state index contributed by atoms with van der Waals surface area (Å²) in [4.78, 5) is 6.96. The first kappa shape index (κ1) is 12.3. The van der Waals surface area contributed by atoms with Gasteiger partial charge in [0.1, 0.15) is 5.82 Å². The smallest absolute Gasteiger partial charge is 0.140 e. The van der Waals surface area contributed by atoms with E-state index in [-0.39, 0.29) is 0 Å². The van der Waals surface area contributed by atoms with Crippen LogP contribution in [0, 0.1) is 5.92 Å². The summed E-state index contributed by atoms with van der Waals surface area (Å²) in [7, 11) is 0. The molecule has 1 aliphatic rings. The van der Waals surface area contributed by atoms with Crippen LogP contribution < -0.4 is 11.3 Å². The summed E-state index contributed by atoms with van der Waals surface area (Å²) < 4.78 is 0. The summed E-state index contributed by atoms with van der Waals surface area (Å²) in [5, 5.41) is 0. The van der Waals surface area contributed by atoms with Gasteiger partial charge in [-0.2, -0.15) is 0 Å². The summed E-state index contributed by atoms with van der Waals surface area (Å²) in [6, 6.07) is 6.58. The average Bonchev–Trinajstić information content (AvgIpc) is 2.33. The Labute approximate surface area is 103 Å². The molecule has 0 aliphatic carbocycles. The number of piperidine rings is 1. The zero-order chi connectivity index (χ0) is 12.3. The van der Waals surface area contributed by atoms with Crippen LogP contribution in [0.2, 0.25) is 0 Å². The fraction of sp³-hybridized carbons (Fsp3) is 0.615. The van der Waals surface area contributed by atoms with Crippen LogP contribution in [0.1, 0.15) is 32.4 Å². The Bertz CT molecular complexity index is 366. The molecule has 0 saturated carbocycles. The summed E-state index contributed by atoms with van der Waals surface area (Å²) in [6.07, 6.45) is 2.58. The number of likely N-dealkylation sites (tertiary alicyclic amines) is 1. The number of pyridine rings is 1. The zero-order valence-electron chi connectivity index (χ0n) is 10.7. The Morgan fingerprint density at radius 3 is 3.00 bits per heavy atom. The number of nitrogens with one attached hydrogen (secondary N) is 1. The highest BCUT2D eigenvalue weighted by molar-refractivity contribution is 5.33. The van der Waals surface area contributed by atoms with Gasteiger partial charge in [0.15, 0.2) is 0 Å². The van der Waals surface area contributed by atoms with E-state index in [4.69, 9.17) is 5.84 Å². The number of nitrogens with zero attached hydrogens (tertiary/aromatic N) is 2. The van der Waals surface area contributed by atoms with Gasteiger partial charge in [-0.1, -0.05) is 13.0 Å². The normalized spacial score (nSPS) is 25.8. The van der Waals surface area contributed by atoms with E-state index in [0.29, 0.717) is 6.04 Å². The van der Waals surface area contributed by atoms with Crippen molar-refractivity contribution in [3.8, 4) is 0 Å². The van der Waals surface area contributed by atoms with Gasteiger partial charge in [-0.25, -0.2) is 10.8 Å². The maximum absolute atomic E-state index is 5.37. The lowest BCUT2D eigenvalue weighted by Gasteiger charge is -2.36. The van der Waals surface area contributed by atoms with Crippen molar-refractivity contribution in [1.29, 1.82) is 0 Å². The molecule has 94 valence electrons. The van der Waals surface area contributed by atoms with Crippen molar-refractivity contribution in [3.05, 3.63) is 23.9 Å². The van der Waals surface area contributed by atoms with E-state index in [1.54, 1.807) is 0 Å². The molecule has 2 heterocycles. The molecule has 3 N–H and O–H groups in total. The second-order valence-corrected chi connectivity index (χ2v) is 5.11. The van der Waals surface area contributed by atoms with Gasteiger partial charge in [0.05, 0.1) is 5.69 Å². The zero-order valence-corrected chi connectivity index (χ0v) is 10.7. The van der Waals surface area contributed by atoms with E-state index in [0.717, 1.165) is 24.0 Å². The first-order chi connectivity index (χ1) is 8.19. The maximum Gasteiger partial charge on any atom is 0.140 e. The van der Waals surface area contributed by atoms with Gasteiger partial charge < -0.3 is 5.43 Å². The van der Waals surface area contributed by atoms with Gasteiger partial charge in [-0.05, 0) is 44.4 Å². The molecule has 17 heavy (non-hydrogen) atoms. The predicted octanol–water partition coefficient (Wildman–Crippen LogP) is 1.99. The van der Waals surface area contributed by atoms with Crippen LogP contribution in [-0.4, -0.2) is 22.5 Å². The lowest BCUT2D eigenvalue weighted by Crippen LogP contribution is -2.39. The fourth-order valence-electron chi connectivity index (χ4n) is 2.55. The van der Waals surface area contributed by atoms with Gasteiger partial charge in [-0.3, -0.25) is 4.90 Å². The topological polar surface area (TPSA) is 54.2 Å². The Hall–Kier alpha value is -1.13. The van der Waals surface area contributed by atoms with Crippen LogP contribution in [0.5, 0.6) is 0 Å². The quantitative estimate of drug-likeness (QED) is 0.620. The maximum atomic E-state index is 5.37. The molecule has 1 aromatic rings. The summed E-state index contributed by atoms with van der Waals surface area (Å²) in [5.41, 5.74) is 3.68. The van der Waals surface area contributed by atoms with E-state index < -0.39 is 0 Å². The Balaban J connectivity index is 2.00. The number of aromatic nitrogens is 1. The standard InChI is InChI=1S/C13H22N4/c1-10-6-7-17(11(2)8-10)9-12-4-3-5-13(15-12)16-14/h3-5,10-11H,6-9,14H2,1-2H3,(H,15,16). The van der Waals surface area contributed by atoms with Crippen molar-refractivity contribution < 1.29 is 0 Å². The van der Waals surface area contributed by atoms with Gasteiger partial charge in [0.25, 0.3) is 0 Å². The monoisotopic (exact) mass is 234 g/mol. The first-order valence-corrected chi connectivity index (χ1v) is 6.35. The molecule has 0 bridgehead atoms.